The number of anilines is 1. The Balaban J connectivity index is 0.00000300. The number of guanidine groups is 1. The molecule has 1 fully saturated rings. The summed E-state index contributed by atoms with van der Waals surface area (Å²) in [5.74, 6) is 1.89. The Morgan fingerprint density at radius 2 is 2.03 bits per heavy atom. The van der Waals surface area contributed by atoms with E-state index in [1.165, 1.54) is 0 Å². The molecule has 8 heteroatoms. The van der Waals surface area contributed by atoms with Gasteiger partial charge < -0.3 is 20.9 Å². The lowest BCUT2D eigenvalue weighted by Gasteiger charge is -2.20. The van der Waals surface area contributed by atoms with Gasteiger partial charge in [-0.05, 0) is 24.6 Å². The molecule has 7 nitrogen and oxygen atoms in total. The molecule has 0 bridgehead atoms. The fraction of sp³-hybridized carbons (Fsp3) is 0.476. The number of likely N-dealkylation sites (tertiary alicyclic amines) is 1. The summed E-state index contributed by atoms with van der Waals surface area (Å²) in [4.78, 5) is 22.9. The quantitative estimate of drug-likeness (QED) is 0.241. The first-order valence-corrected chi connectivity index (χ1v) is 9.92. The van der Waals surface area contributed by atoms with Gasteiger partial charge >= 0.3 is 0 Å². The number of nitrogens with zero attached hydrogens (tertiary/aromatic N) is 3. The van der Waals surface area contributed by atoms with Gasteiger partial charge in [-0.2, -0.15) is 0 Å². The van der Waals surface area contributed by atoms with Crippen LogP contribution in [0.15, 0.2) is 41.4 Å². The number of carbonyl (C=O) groups is 1. The minimum atomic E-state index is 0. The second kappa shape index (κ2) is 11.2. The monoisotopic (exact) mass is 510 g/mol. The number of rotatable bonds is 6. The predicted octanol–water partition coefficient (Wildman–Crippen LogP) is 2.69. The van der Waals surface area contributed by atoms with Crippen LogP contribution in [0.3, 0.4) is 0 Å². The molecule has 1 aliphatic rings. The molecule has 2 heterocycles. The average Bonchev–Trinajstić information content (AvgIpc) is 3.17. The van der Waals surface area contributed by atoms with Crippen LogP contribution in [-0.2, 0) is 4.79 Å². The third kappa shape index (κ3) is 6.45. The Kier molecular flexibility index (Phi) is 8.94. The summed E-state index contributed by atoms with van der Waals surface area (Å²) in [7, 11) is 1.76. The van der Waals surface area contributed by atoms with Gasteiger partial charge in [-0.25, -0.2) is 4.98 Å². The molecule has 1 amide bonds. The summed E-state index contributed by atoms with van der Waals surface area (Å²) < 4.78 is 0. The van der Waals surface area contributed by atoms with E-state index < -0.39 is 0 Å². The molecule has 3 N–H and O–H groups in total. The van der Waals surface area contributed by atoms with Crippen molar-refractivity contribution in [3.63, 3.8) is 0 Å². The second-order valence-corrected chi connectivity index (χ2v) is 7.38. The van der Waals surface area contributed by atoms with Gasteiger partial charge in [0.1, 0.15) is 5.82 Å². The molecule has 0 spiro atoms. The second-order valence-electron chi connectivity index (χ2n) is 7.38. The van der Waals surface area contributed by atoms with E-state index in [4.69, 9.17) is 0 Å². The molecular weight excluding hydrogens is 479 g/mol. The number of nitrogens with one attached hydrogen (secondary N) is 3. The van der Waals surface area contributed by atoms with Crippen LogP contribution in [0, 0.1) is 5.92 Å². The van der Waals surface area contributed by atoms with Crippen LogP contribution in [0.4, 0.5) is 5.82 Å². The van der Waals surface area contributed by atoms with Crippen LogP contribution in [-0.4, -0.2) is 61.0 Å². The van der Waals surface area contributed by atoms with E-state index in [9.17, 15) is 4.79 Å². The first kappa shape index (κ1) is 23.2. The largest absolute Gasteiger partial charge is 0.368 e. The van der Waals surface area contributed by atoms with Gasteiger partial charge in [0, 0.05) is 50.6 Å². The van der Waals surface area contributed by atoms with E-state index in [0.29, 0.717) is 0 Å². The van der Waals surface area contributed by atoms with Gasteiger partial charge in [-0.1, -0.05) is 32.0 Å². The van der Waals surface area contributed by atoms with E-state index in [1.807, 2.05) is 43.0 Å². The average molecular weight is 510 g/mol. The highest BCUT2D eigenvalue weighted by Crippen LogP contribution is 2.14. The van der Waals surface area contributed by atoms with E-state index in [1.54, 1.807) is 7.05 Å². The number of pyridine rings is 1. The Morgan fingerprint density at radius 3 is 2.79 bits per heavy atom. The number of benzene rings is 1. The van der Waals surface area contributed by atoms with Gasteiger partial charge in [-0.15, -0.1) is 24.0 Å². The Labute approximate surface area is 189 Å². The minimum absolute atomic E-state index is 0. The fourth-order valence-corrected chi connectivity index (χ4v) is 3.37. The molecular formula is C21H31IN6O. The Bertz CT molecular complexity index is 841. The molecule has 3 rings (SSSR count). The maximum absolute atomic E-state index is 12.1. The van der Waals surface area contributed by atoms with Crippen molar-refractivity contribution in [2.45, 2.75) is 26.3 Å². The van der Waals surface area contributed by atoms with Crippen molar-refractivity contribution in [1.29, 1.82) is 0 Å². The fourth-order valence-electron chi connectivity index (χ4n) is 3.37. The van der Waals surface area contributed by atoms with E-state index in [2.05, 4.69) is 38.1 Å². The summed E-state index contributed by atoms with van der Waals surface area (Å²) in [6.45, 7) is 6.88. The smallest absolute Gasteiger partial charge is 0.225 e. The standard InChI is InChI=1S/C21H30N6O.HI/c1-15(2)20(28)27-13-10-17(14-27)25-21(22-3)24-12-11-23-19-9-8-16-6-4-5-7-18(16)26-19;/h4-9,15,17H,10-14H2,1-3H3,(H,23,26)(H2,22,24,25);1H. The Morgan fingerprint density at radius 1 is 1.24 bits per heavy atom. The van der Waals surface area contributed by atoms with Crippen molar-refractivity contribution < 1.29 is 4.79 Å². The number of aromatic nitrogens is 1. The molecule has 1 saturated heterocycles. The number of para-hydroxylation sites is 1. The number of carbonyl (C=O) groups excluding carboxylic acids is 1. The van der Waals surface area contributed by atoms with Crippen LogP contribution < -0.4 is 16.0 Å². The van der Waals surface area contributed by atoms with Gasteiger partial charge in [0.05, 0.1) is 5.52 Å². The van der Waals surface area contributed by atoms with Crippen LogP contribution >= 0.6 is 24.0 Å². The maximum atomic E-state index is 12.1. The number of hydrogen-bond donors (Lipinski definition) is 3. The number of aliphatic imine (C=N–C) groups is 1. The molecule has 1 atom stereocenters. The van der Waals surface area contributed by atoms with Crippen LogP contribution in [0.1, 0.15) is 20.3 Å². The zero-order chi connectivity index (χ0) is 19.9. The number of fused-ring (bicyclic) bond motifs is 1. The third-order valence-electron chi connectivity index (χ3n) is 4.88. The number of amides is 1. The van der Waals surface area contributed by atoms with Crippen molar-refractivity contribution in [3.05, 3.63) is 36.4 Å². The first-order valence-electron chi connectivity index (χ1n) is 9.92. The maximum Gasteiger partial charge on any atom is 0.225 e. The summed E-state index contributed by atoms with van der Waals surface area (Å²) in [6, 6.07) is 12.4. The molecule has 1 unspecified atom stereocenters. The van der Waals surface area contributed by atoms with Crippen molar-refractivity contribution in [2.24, 2.45) is 10.9 Å². The molecule has 1 aliphatic heterocycles. The molecule has 29 heavy (non-hydrogen) atoms. The van der Waals surface area contributed by atoms with Crippen molar-refractivity contribution in [2.75, 3.05) is 38.5 Å². The minimum Gasteiger partial charge on any atom is -0.368 e. The van der Waals surface area contributed by atoms with Crippen LogP contribution in [0.2, 0.25) is 0 Å². The lowest BCUT2D eigenvalue weighted by Crippen LogP contribution is -2.46. The van der Waals surface area contributed by atoms with E-state index in [-0.39, 0.29) is 41.8 Å². The molecule has 1 aromatic heterocycles. The lowest BCUT2D eigenvalue weighted by atomic mass is 10.2. The lowest BCUT2D eigenvalue weighted by molar-refractivity contribution is -0.133. The van der Waals surface area contributed by atoms with Gasteiger partial charge in [0.25, 0.3) is 0 Å². The highest BCUT2D eigenvalue weighted by Gasteiger charge is 2.27. The molecule has 1 aromatic carbocycles. The van der Waals surface area contributed by atoms with Gasteiger partial charge in [0.2, 0.25) is 5.91 Å². The van der Waals surface area contributed by atoms with Gasteiger partial charge in [0.15, 0.2) is 5.96 Å². The zero-order valence-corrected chi connectivity index (χ0v) is 19.6. The third-order valence-corrected chi connectivity index (χ3v) is 4.88. The molecule has 0 saturated carbocycles. The normalized spacial score (nSPS) is 16.6. The molecule has 158 valence electrons. The van der Waals surface area contributed by atoms with Crippen LogP contribution in [0.5, 0.6) is 0 Å². The number of halogens is 1. The Hall–Kier alpha value is -2.10. The zero-order valence-electron chi connectivity index (χ0n) is 17.3. The summed E-state index contributed by atoms with van der Waals surface area (Å²) in [6.07, 6.45) is 0.943. The summed E-state index contributed by atoms with van der Waals surface area (Å²) in [5, 5.41) is 11.2. The van der Waals surface area contributed by atoms with E-state index in [0.717, 1.165) is 55.3 Å². The summed E-state index contributed by atoms with van der Waals surface area (Å²) >= 11 is 0. The topological polar surface area (TPSA) is 81.7 Å². The van der Waals surface area contributed by atoms with E-state index >= 15 is 0 Å². The van der Waals surface area contributed by atoms with Crippen LogP contribution in [0.25, 0.3) is 10.9 Å². The highest BCUT2D eigenvalue weighted by atomic mass is 127. The SMILES string of the molecule is CN=C(NCCNc1ccc2ccccc2n1)NC1CCN(C(=O)C(C)C)C1.I. The van der Waals surface area contributed by atoms with Crippen molar-refractivity contribution in [3.8, 4) is 0 Å². The van der Waals surface area contributed by atoms with Crippen molar-refractivity contribution >= 4 is 52.6 Å². The van der Waals surface area contributed by atoms with Crippen molar-refractivity contribution in [1.82, 2.24) is 20.5 Å². The molecule has 0 radical (unpaired) electrons. The highest BCUT2D eigenvalue weighted by molar-refractivity contribution is 14.0. The first-order chi connectivity index (χ1) is 13.6. The molecule has 2 aromatic rings. The number of hydrogen-bond acceptors (Lipinski definition) is 4. The van der Waals surface area contributed by atoms with Gasteiger partial charge in [-0.3, -0.25) is 9.79 Å². The summed E-state index contributed by atoms with van der Waals surface area (Å²) in [5.41, 5.74) is 0.986. The predicted molar refractivity (Wildman–Crippen MR) is 130 cm³/mol. The molecule has 0 aliphatic carbocycles.